The summed E-state index contributed by atoms with van der Waals surface area (Å²) in [6, 6.07) is 10.3. The van der Waals surface area contributed by atoms with E-state index in [4.69, 9.17) is 27.9 Å². The molecule has 5 rings (SSSR count). The molecule has 2 aliphatic heterocycles. The summed E-state index contributed by atoms with van der Waals surface area (Å²) < 4.78 is 6.44. The van der Waals surface area contributed by atoms with Gasteiger partial charge in [-0.15, -0.1) is 11.8 Å². The first kappa shape index (κ1) is 17.2. The van der Waals surface area contributed by atoms with Crippen LogP contribution in [0.3, 0.4) is 0 Å². The maximum absolute atomic E-state index is 6.51. The fourth-order valence-electron chi connectivity index (χ4n) is 4.10. The standard InChI is InChI=1S/C21H21Cl2NOS/c22-13-4-5-15(18(23)10-13)12-8-16-17-11-24-7-6-19(17)25-21(16)20(9-12)26-14-2-1-3-14/h4-5,8-10,14,17,19,24H,1-3,6-7,11H2. The fourth-order valence-corrected chi connectivity index (χ4v) is 6.01. The highest BCUT2D eigenvalue weighted by atomic mass is 35.5. The van der Waals surface area contributed by atoms with Crippen LogP contribution in [0.1, 0.15) is 37.2 Å². The van der Waals surface area contributed by atoms with Crippen LogP contribution >= 0.6 is 35.0 Å². The third-order valence-electron chi connectivity index (χ3n) is 5.76. The van der Waals surface area contributed by atoms with Gasteiger partial charge in [0, 0.05) is 38.9 Å². The number of nitrogens with one attached hydrogen (secondary N) is 1. The number of fused-ring (bicyclic) bond motifs is 3. The van der Waals surface area contributed by atoms with E-state index in [0.29, 0.717) is 22.1 Å². The third-order valence-corrected chi connectivity index (χ3v) is 7.67. The molecule has 2 unspecified atom stereocenters. The van der Waals surface area contributed by atoms with Gasteiger partial charge in [-0.05, 0) is 55.6 Å². The van der Waals surface area contributed by atoms with E-state index in [1.54, 1.807) is 0 Å². The van der Waals surface area contributed by atoms with Crippen molar-refractivity contribution in [2.24, 2.45) is 0 Å². The van der Waals surface area contributed by atoms with Crippen LogP contribution in [0.15, 0.2) is 35.2 Å². The van der Waals surface area contributed by atoms with Gasteiger partial charge in [-0.3, -0.25) is 0 Å². The van der Waals surface area contributed by atoms with Crippen LogP contribution in [0.25, 0.3) is 11.1 Å². The molecular formula is C21H21Cl2NOS. The molecule has 2 fully saturated rings. The van der Waals surface area contributed by atoms with Crippen molar-refractivity contribution in [1.29, 1.82) is 0 Å². The summed E-state index contributed by atoms with van der Waals surface area (Å²) in [7, 11) is 0. The Kier molecular flexibility index (Phi) is 4.60. The minimum absolute atomic E-state index is 0.308. The molecule has 1 aliphatic carbocycles. The van der Waals surface area contributed by atoms with Gasteiger partial charge in [-0.2, -0.15) is 0 Å². The van der Waals surface area contributed by atoms with Gasteiger partial charge in [0.15, 0.2) is 0 Å². The molecule has 1 saturated heterocycles. The predicted molar refractivity (Wildman–Crippen MR) is 110 cm³/mol. The van der Waals surface area contributed by atoms with Crippen LogP contribution in [0.4, 0.5) is 0 Å². The molecular weight excluding hydrogens is 385 g/mol. The molecule has 1 N–H and O–H groups in total. The lowest BCUT2D eigenvalue weighted by molar-refractivity contribution is 0.169. The summed E-state index contributed by atoms with van der Waals surface area (Å²) in [5.41, 5.74) is 3.55. The number of rotatable bonds is 3. The monoisotopic (exact) mass is 405 g/mol. The molecule has 0 spiro atoms. The summed E-state index contributed by atoms with van der Waals surface area (Å²) in [5.74, 6) is 1.56. The molecule has 3 aliphatic rings. The first-order chi connectivity index (χ1) is 12.7. The van der Waals surface area contributed by atoms with Crippen LogP contribution in [-0.2, 0) is 0 Å². The highest BCUT2D eigenvalue weighted by Crippen LogP contribution is 2.51. The average molecular weight is 406 g/mol. The van der Waals surface area contributed by atoms with Crippen LogP contribution < -0.4 is 10.1 Å². The van der Waals surface area contributed by atoms with Gasteiger partial charge in [0.05, 0.1) is 4.90 Å². The van der Waals surface area contributed by atoms with Crippen molar-refractivity contribution in [3.05, 3.63) is 45.9 Å². The minimum Gasteiger partial charge on any atom is -0.488 e. The second kappa shape index (κ2) is 6.94. The zero-order chi connectivity index (χ0) is 17.7. The minimum atomic E-state index is 0.308. The Balaban J connectivity index is 1.61. The number of hydrogen-bond donors (Lipinski definition) is 1. The summed E-state index contributed by atoms with van der Waals surface area (Å²) in [4.78, 5) is 1.28. The average Bonchev–Trinajstić information content (AvgIpc) is 2.97. The van der Waals surface area contributed by atoms with Crippen LogP contribution in [-0.4, -0.2) is 24.4 Å². The quantitative estimate of drug-likeness (QED) is 0.661. The Morgan fingerprint density at radius 3 is 2.73 bits per heavy atom. The van der Waals surface area contributed by atoms with Crippen LogP contribution in [0, 0.1) is 0 Å². The van der Waals surface area contributed by atoms with Crippen molar-refractivity contribution in [1.82, 2.24) is 5.32 Å². The molecule has 0 radical (unpaired) electrons. The molecule has 1 saturated carbocycles. The Bertz CT molecular complexity index is 852. The maximum Gasteiger partial charge on any atom is 0.137 e. The maximum atomic E-state index is 6.51. The Hall–Kier alpha value is -0.870. The van der Waals surface area contributed by atoms with E-state index in [2.05, 4.69) is 17.4 Å². The molecule has 136 valence electrons. The smallest absolute Gasteiger partial charge is 0.137 e. The first-order valence-electron chi connectivity index (χ1n) is 9.36. The van der Waals surface area contributed by atoms with E-state index in [1.807, 2.05) is 30.0 Å². The van der Waals surface area contributed by atoms with Crippen molar-refractivity contribution in [3.63, 3.8) is 0 Å². The Morgan fingerprint density at radius 2 is 1.96 bits per heavy atom. The van der Waals surface area contributed by atoms with Gasteiger partial charge in [-0.1, -0.05) is 35.7 Å². The summed E-state index contributed by atoms with van der Waals surface area (Å²) in [6.07, 6.45) is 5.34. The Labute approximate surface area is 168 Å². The first-order valence-corrected chi connectivity index (χ1v) is 11.0. The van der Waals surface area contributed by atoms with Gasteiger partial charge >= 0.3 is 0 Å². The number of hydrogen-bond acceptors (Lipinski definition) is 3. The van der Waals surface area contributed by atoms with Gasteiger partial charge < -0.3 is 10.1 Å². The summed E-state index contributed by atoms with van der Waals surface area (Å²) in [6.45, 7) is 2.03. The fraction of sp³-hybridized carbons (Fsp3) is 0.429. The lowest BCUT2D eigenvalue weighted by atomic mass is 9.89. The van der Waals surface area contributed by atoms with E-state index in [1.165, 1.54) is 35.3 Å². The molecule has 0 aromatic heterocycles. The van der Waals surface area contributed by atoms with E-state index >= 15 is 0 Å². The lowest BCUT2D eigenvalue weighted by Crippen LogP contribution is -2.37. The van der Waals surface area contributed by atoms with Crippen molar-refractivity contribution >= 4 is 35.0 Å². The number of halogens is 2. The van der Waals surface area contributed by atoms with Crippen LogP contribution in [0.2, 0.25) is 10.0 Å². The lowest BCUT2D eigenvalue weighted by Gasteiger charge is -2.25. The van der Waals surface area contributed by atoms with Crippen LogP contribution in [0.5, 0.6) is 5.75 Å². The van der Waals surface area contributed by atoms with Crippen molar-refractivity contribution in [3.8, 4) is 16.9 Å². The van der Waals surface area contributed by atoms with Gasteiger partial charge in [0.2, 0.25) is 0 Å². The molecule has 0 bridgehead atoms. The topological polar surface area (TPSA) is 21.3 Å². The van der Waals surface area contributed by atoms with Gasteiger partial charge in [-0.25, -0.2) is 0 Å². The molecule has 2 nitrogen and oxygen atoms in total. The van der Waals surface area contributed by atoms with E-state index in [-0.39, 0.29) is 0 Å². The normalized spacial score (nSPS) is 24.5. The van der Waals surface area contributed by atoms with Gasteiger partial charge in [0.1, 0.15) is 11.9 Å². The van der Waals surface area contributed by atoms with E-state index in [9.17, 15) is 0 Å². The largest absolute Gasteiger partial charge is 0.488 e. The number of piperidine rings is 1. The van der Waals surface area contributed by atoms with E-state index in [0.717, 1.165) is 36.1 Å². The van der Waals surface area contributed by atoms with Crippen molar-refractivity contribution in [2.75, 3.05) is 13.1 Å². The highest BCUT2D eigenvalue weighted by molar-refractivity contribution is 8.00. The molecule has 2 atom stereocenters. The number of ether oxygens (including phenoxy) is 1. The molecule has 0 amide bonds. The van der Waals surface area contributed by atoms with Crippen molar-refractivity contribution in [2.45, 2.75) is 47.9 Å². The molecule has 2 aromatic rings. The zero-order valence-corrected chi connectivity index (χ0v) is 16.8. The summed E-state index contributed by atoms with van der Waals surface area (Å²) >= 11 is 14.6. The number of benzene rings is 2. The van der Waals surface area contributed by atoms with Crippen molar-refractivity contribution < 1.29 is 4.74 Å². The molecule has 26 heavy (non-hydrogen) atoms. The number of thioether (sulfide) groups is 1. The van der Waals surface area contributed by atoms with E-state index < -0.39 is 0 Å². The third kappa shape index (κ3) is 3.03. The second-order valence-corrected chi connectivity index (χ2v) is 9.63. The molecule has 5 heteroatoms. The second-order valence-electron chi connectivity index (χ2n) is 7.44. The highest BCUT2D eigenvalue weighted by Gasteiger charge is 2.38. The SMILES string of the molecule is Clc1ccc(-c2cc(SC3CCC3)c3c(c2)C2CNCCC2O3)c(Cl)c1. The molecule has 2 aromatic carbocycles. The molecule has 2 heterocycles. The summed E-state index contributed by atoms with van der Waals surface area (Å²) in [5, 5.41) is 5.62. The predicted octanol–water partition coefficient (Wildman–Crippen LogP) is 6.14. The zero-order valence-electron chi connectivity index (χ0n) is 14.4. The Morgan fingerprint density at radius 1 is 1.08 bits per heavy atom. The van der Waals surface area contributed by atoms with Gasteiger partial charge in [0.25, 0.3) is 0 Å².